The summed E-state index contributed by atoms with van der Waals surface area (Å²) < 4.78 is 5.54. The fraction of sp³-hybridized carbons (Fsp3) is 0.444. The van der Waals surface area contributed by atoms with Crippen molar-refractivity contribution in [2.45, 2.75) is 12.5 Å². The van der Waals surface area contributed by atoms with Crippen molar-refractivity contribution < 1.29 is 19.4 Å². The van der Waals surface area contributed by atoms with E-state index >= 15 is 0 Å². The van der Waals surface area contributed by atoms with Gasteiger partial charge in [-0.15, -0.1) is 0 Å². The first-order chi connectivity index (χ1) is 8.52. The number of amides is 2. The van der Waals surface area contributed by atoms with Crippen molar-refractivity contribution in [1.29, 1.82) is 0 Å². The van der Waals surface area contributed by atoms with E-state index < -0.39 is 18.0 Å². The Morgan fingerprint density at radius 2 is 2.39 bits per heavy atom. The third-order valence-corrected chi connectivity index (χ3v) is 3.30. The van der Waals surface area contributed by atoms with E-state index in [0.29, 0.717) is 5.13 Å². The van der Waals surface area contributed by atoms with E-state index in [2.05, 4.69) is 31.5 Å². The molecule has 0 bridgehead atoms. The second kappa shape index (κ2) is 7.29. The number of aromatic nitrogens is 1. The largest absolute Gasteiger partial charge is 0.480 e. The molecule has 0 fully saturated rings. The molecule has 1 aromatic heterocycles. The van der Waals surface area contributed by atoms with Gasteiger partial charge in [-0.1, -0.05) is 11.3 Å². The van der Waals surface area contributed by atoms with Crippen molar-refractivity contribution >= 4 is 44.4 Å². The summed E-state index contributed by atoms with van der Waals surface area (Å²) in [7, 11) is 1.46. The van der Waals surface area contributed by atoms with E-state index in [4.69, 9.17) is 9.84 Å². The van der Waals surface area contributed by atoms with E-state index in [1.165, 1.54) is 18.4 Å². The number of nitrogens with one attached hydrogen (secondary N) is 2. The number of rotatable bonds is 6. The maximum absolute atomic E-state index is 11.5. The summed E-state index contributed by atoms with van der Waals surface area (Å²) in [5.41, 5.74) is 0. The van der Waals surface area contributed by atoms with Crippen molar-refractivity contribution in [2.24, 2.45) is 0 Å². The summed E-state index contributed by atoms with van der Waals surface area (Å²) in [6, 6.07) is -1.60. The highest BCUT2D eigenvalue weighted by atomic mass is 79.9. The number of carboxylic acids is 1. The van der Waals surface area contributed by atoms with Gasteiger partial charge in [0.15, 0.2) is 5.13 Å². The fourth-order valence-corrected chi connectivity index (χ4v) is 2.20. The van der Waals surface area contributed by atoms with Crippen molar-refractivity contribution in [2.75, 3.05) is 19.0 Å². The molecule has 100 valence electrons. The van der Waals surface area contributed by atoms with Gasteiger partial charge in [0.05, 0.1) is 9.98 Å². The van der Waals surface area contributed by atoms with Gasteiger partial charge in [0.1, 0.15) is 6.04 Å². The summed E-state index contributed by atoms with van der Waals surface area (Å²) >= 11 is 4.43. The predicted octanol–water partition coefficient (Wildman–Crippen LogP) is 1.52. The minimum Gasteiger partial charge on any atom is -0.480 e. The number of urea groups is 1. The molecule has 0 saturated carbocycles. The van der Waals surface area contributed by atoms with Crippen LogP contribution in [0.3, 0.4) is 0 Å². The van der Waals surface area contributed by atoms with Gasteiger partial charge in [-0.05, 0) is 15.9 Å². The molecule has 18 heavy (non-hydrogen) atoms. The molecule has 0 aromatic carbocycles. The minimum absolute atomic E-state index is 0.195. The van der Waals surface area contributed by atoms with Crippen LogP contribution in [-0.4, -0.2) is 41.8 Å². The molecule has 1 unspecified atom stereocenters. The summed E-state index contributed by atoms with van der Waals surface area (Å²) in [6.45, 7) is 0.250. The Morgan fingerprint density at radius 1 is 1.67 bits per heavy atom. The quantitative estimate of drug-likeness (QED) is 0.730. The average molecular weight is 338 g/mol. The van der Waals surface area contributed by atoms with E-state index in [0.717, 1.165) is 3.79 Å². The maximum Gasteiger partial charge on any atom is 0.326 e. The Kier molecular flexibility index (Phi) is 6.02. The van der Waals surface area contributed by atoms with Crippen LogP contribution in [0.25, 0.3) is 0 Å². The number of carbonyl (C=O) groups is 2. The molecule has 3 N–H and O–H groups in total. The second-order valence-corrected chi connectivity index (χ2v) is 5.65. The summed E-state index contributed by atoms with van der Waals surface area (Å²) in [4.78, 5) is 26.3. The summed E-state index contributed by atoms with van der Waals surface area (Å²) in [5, 5.41) is 14.1. The second-order valence-electron chi connectivity index (χ2n) is 3.24. The van der Waals surface area contributed by atoms with Crippen molar-refractivity contribution in [3.05, 3.63) is 9.98 Å². The normalized spacial score (nSPS) is 11.9. The molecule has 9 heteroatoms. The first-order valence-corrected chi connectivity index (χ1v) is 6.54. The topological polar surface area (TPSA) is 101 Å². The van der Waals surface area contributed by atoms with Crippen LogP contribution in [0, 0.1) is 0 Å². The van der Waals surface area contributed by atoms with Crippen LogP contribution in [0.1, 0.15) is 6.42 Å². The molecule has 2 amide bonds. The van der Waals surface area contributed by atoms with E-state index in [1.54, 1.807) is 6.20 Å². The van der Waals surface area contributed by atoms with Gasteiger partial charge in [-0.2, -0.15) is 0 Å². The van der Waals surface area contributed by atoms with Crippen molar-refractivity contribution in [3.8, 4) is 0 Å². The van der Waals surface area contributed by atoms with E-state index in [9.17, 15) is 9.59 Å². The van der Waals surface area contributed by atoms with Gasteiger partial charge in [-0.3, -0.25) is 5.32 Å². The van der Waals surface area contributed by atoms with Gasteiger partial charge in [0.25, 0.3) is 0 Å². The molecular formula is C9H12BrN3O4S. The van der Waals surface area contributed by atoms with Crippen LogP contribution in [0.2, 0.25) is 0 Å². The number of thiazole rings is 1. The number of nitrogens with zero attached hydrogens (tertiary/aromatic N) is 1. The first-order valence-electron chi connectivity index (χ1n) is 4.93. The highest BCUT2D eigenvalue weighted by Crippen LogP contribution is 2.22. The highest BCUT2D eigenvalue weighted by molar-refractivity contribution is 9.11. The summed E-state index contributed by atoms with van der Waals surface area (Å²) in [6.07, 6.45) is 1.74. The van der Waals surface area contributed by atoms with E-state index in [-0.39, 0.29) is 13.0 Å². The van der Waals surface area contributed by atoms with Crippen LogP contribution in [0.5, 0.6) is 0 Å². The number of methoxy groups -OCH3 is 1. The number of aliphatic carboxylic acids is 1. The Hall–Kier alpha value is -1.19. The Bertz CT molecular complexity index is 426. The lowest BCUT2D eigenvalue weighted by Gasteiger charge is -2.13. The number of carboxylic acid groups (broad SMARTS) is 1. The zero-order valence-corrected chi connectivity index (χ0v) is 11.9. The van der Waals surface area contributed by atoms with Gasteiger partial charge >= 0.3 is 12.0 Å². The maximum atomic E-state index is 11.5. The molecular weight excluding hydrogens is 326 g/mol. The standard InChI is InChI=1S/C9H12BrN3O4S/c1-17-3-2-5(7(14)15)12-8(16)13-9-11-4-6(10)18-9/h4-5H,2-3H2,1H3,(H,14,15)(H2,11,12,13,16). The number of ether oxygens (including phenoxy) is 1. The molecule has 0 aliphatic carbocycles. The van der Waals surface area contributed by atoms with Crippen molar-refractivity contribution in [3.63, 3.8) is 0 Å². The van der Waals surface area contributed by atoms with Crippen LogP contribution >= 0.6 is 27.3 Å². The van der Waals surface area contributed by atoms with Crippen LogP contribution in [0.15, 0.2) is 9.98 Å². The molecule has 1 heterocycles. The molecule has 0 aliphatic rings. The zero-order chi connectivity index (χ0) is 13.5. The SMILES string of the molecule is COCCC(NC(=O)Nc1ncc(Br)s1)C(=O)O. The molecule has 1 atom stereocenters. The zero-order valence-electron chi connectivity index (χ0n) is 9.47. The van der Waals surface area contributed by atoms with Crippen LogP contribution < -0.4 is 10.6 Å². The van der Waals surface area contributed by atoms with Gasteiger partial charge < -0.3 is 15.2 Å². The molecule has 1 aromatic rings. The van der Waals surface area contributed by atoms with Crippen LogP contribution in [0.4, 0.5) is 9.93 Å². The number of anilines is 1. The lowest BCUT2D eigenvalue weighted by molar-refractivity contribution is -0.139. The third kappa shape index (κ3) is 4.98. The monoisotopic (exact) mass is 337 g/mol. The molecule has 7 nitrogen and oxygen atoms in total. The first kappa shape index (κ1) is 14.9. The fourth-order valence-electron chi connectivity index (χ4n) is 1.10. The predicted molar refractivity (Wildman–Crippen MR) is 69.9 cm³/mol. The number of hydrogen-bond donors (Lipinski definition) is 3. The molecule has 0 aliphatic heterocycles. The number of hydrogen-bond acceptors (Lipinski definition) is 5. The lowest BCUT2D eigenvalue weighted by atomic mass is 10.2. The molecule has 1 rings (SSSR count). The number of carbonyl (C=O) groups excluding carboxylic acids is 1. The third-order valence-electron chi connectivity index (χ3n) is 1.91. The molecule has 0 spiro atoms. The average Bonchev–Trinajstić information content (AvgIpc) is 2.69. The smallest absolute Gasteiger partial charge is 0.326 e. The summed E-state index contributed by atoms with van der Waals surface area (Å²) in [5.74, 6) is -1.11. The van der Waals surface area contributed by atoms with Crippen LogP contribution in [-0.2, 0) is 9.53 Å². The van der Waals surface area contributed by atoms with Crippen molar-refractivity contribution in [1.82, 2.24) is 10.3 Å². The Labute approximate surface area is 116 Å². The lowest BCUT2D eigenvalue weighted by Crippen LogP contribution is -2.43. The molecule has 0 saturated heterocycles. The Balaban J connectivity index is 2.48. The van der Waals surface area contributed by atoms with Gasteiger partial charge in [-0.25, -0.2) is 14.6 Å². The highest BCUT2D eigenvalue weighted by Gasteiger charge is 2.19. The Morgan fingerprint density at radius 3 is 2.89 bits per heavy atom. The number of halogens is 1. The molecule has 0 radical (unpaired) electrons. The van der Waals surface area contributed by atoms with E-state index in [1.807, 2.05) is 0 Å². The van der Waals surface area contributed by atoms with Gasteiger partial charge in [0.2, 0.25) is 0 Å². The van der Waals surface area contributed by atoms with Gasteiger partial charge in [0, 0.05) is 20.1 Å². The minimum atomic E-state index is -1.11.